The lowest BCUT2D eigenvalue weighted by atomic mass is 10.2. The Bertz CT molecular complexity index is 410. The number of amides is 1. The van der Waals surface area contributed by atoms with E-state index >= 15 is 0 Å². The summed E-state index contributed by atoms with van der Waals surface area (Å²) in [6.45, 7) is 7.21. The number of nitrogens with two attached hydrogens (primary N) is 1. The Labute approximate surface area is 119 Å². The average Bonchev–Trinajstić information content (AvgIpc) is 2.42. The van der Waals surface area contributed by atoms with Crippen LogP contribution in [0.15, 0.2) is 24.3 Å². The van der Waals surface area contributed by atoms with Gasteiger partial charge in [-0.2, -0.15) is 11.8 Å². The molecule has 3 N–H and O–H groups in total. The molecule has 5 heteroatoms. The number of hydrogen-bond acceptors (Lipinski definition) is 4. The molecule has 106 valence electrons. The molecule has 1 amide bonds. The molecule has 1 rings (SSSR count). The first-order chi connectivity index (χ1) is 9.06. The molecule has 0 aliphatic rings. The zero-order valence-corrected chi connectivity index (χ0v) is 12.5. The van der Waals surface area contributed by atoms with Gasteiger partial charge in [0.2, 0.25) is 0 Å². The van der Waals surface area contributed by atoms with Crippen LogP contribution in [-0.4, -0.2) is 23.5 Å². The first kappa shape index (κ1) is 15.9. The highest BCUT2D eigenvalue weighted by atomic mass is 32.2. The molecule has 1 unspecified atom stereocenters. The molecule has 0 radical (unpaired) electrons. The van der Waals surface area contributed by atoms with Crippen LogP contribution in [0.2, 0.25) is 0 Å². The largest absolute Gasteiger partial charge is 0.492 e. The van der Waals surface area contributed by atoms with Gasteiger partial charge in [-0.1, -0.05) is 32.9 Å². The normalized spacial score (nSPS) is 12.3. The van der Waals surface area contributed by atoms with E-state index < -0.39 is 0 Å². The Hall–Kier alpha value is -1.20. The number of hydrogen-bond donors (Lipinski definition) is 2. The minimum Gasteiger partial charge on any atom is -0.492 e. The summed E-state index contributed by atoms with van der Waals surface area (Å²) >= 11 is 1.87. The van der Waals surface area contributed by atoms with Crippen LogP contribution in [0.3, 0.4) is 0 Å². The molecular weight excluding hydrogens is 260 g/mol. The summed E-state index contributed by atoms with van der Waals surface area (Å²) in [5.41, 5.74) is 2.59. The van der Waals surface area contributed by atoms with Crippen LogP contribution >= 0.6 is 11.8 Å². The third-order valence-electron chi connectivity index (χ3n) is 2.92. The van der Waals surface area contributed by atoms with Crippen LogP contribution in [0, 0.1) is 5.92 Å². The third-order valence-corrected chi connectivity index (χ3v) is 4.40. The first-order valence-electron chi connectivity index (χ1n) is 6.40. The fourth-order valence-corrected chi connectivity index (χ4v) is 2.37. The second-order valence-electron chi connectivity index (χ2n) is 4.64. The van der Waals surface area contributed by atoms with Gasteiger partial charge in [0.1, 0.15) is 5.75 Å². The summed E-state index contributed by atoms with van der Waals surface area (Å²) < 4.78 is 5.65. The van der Waals surface area contributed by atoms with Crippen molar-refractivity contribution in [2.45, 2.75) is 26.0 Å². The molecule has 0 saturated carbocycles. The quantitative estimate of drug-likeness (QED) is 0.349. The fourth-order valence-electron chi connectivity index (χ4n) is 1.44. The smallest absolute Gasteiger partial charge is 0.268 e. The van der Waals surface area contributed by atoms with E-state index in [1.54, 1.807) is 18.2 Å². The molecule has 0 fully saturated rings. The predicted molar refractivity (Wildman–Crippen MR) is 80.3 cm³/mol. The average molecular weight is 282 g/mol. The van der Waals surface area contributed by atoms with Crippen LogP contribution in [0.5, 0.6) is 5.75 Å². The van der Waals surface area contributed by atoms with E-state index in [2.05, 4.69) is 26.2 Å². The lowest BCUT2D eigenvalue weighted by Crippen LogP contribution is -2.30. The van der Waals surface area contributed by atoms with Crippen molar-refractivity contribution in [1.82, 2.24) is 5.43 Å². The summed E-state index contributed by atoms with van der Waals surface area (Å²) in [6, 6.07) is 7.10. The van der Waals surface area contributed by atoms with Crippen molar-refractivity contribution in [1.29, 1.82) is 0 Å². The van der Waals surface area contributed by atoms with Crippen LogP contribution in [0.25, 0.3) is 0 Å². The van der Waals surface area contributed by atoms with Gasteiger partial charge in [-0.25, -0.2) is 5.84 Å². The molecule has 0 aromatic heterocycles. The minimum atomic E-state index is -0.334. The number of rotatable bonds is 7. The van der Waals surface area contributed by atoms with E-state index in [-0.39, 0.29) is 5.91 Å². The van der Waals surface area contributed by atoms with E-state index in [0.717, 1.165) is 5.75 Å². The number of ether oxygens (including phenoxy) is 1. The number of carbonyl (C=O) groups excluding carboxylic acids is 1. The molecule has 1 atom stereocenters. The Morgan fingerprint density at radius 2 is 2.05 bits per heavy atom. The summed E-state index contributed by atoms with van der Waals surface area (Å²) in [5.74, 6) is 6.93. The Morgan fingerprint density at radius 1 is 1.37 bits per heavy atom. The lowest BCUT2D eigenvalue weighted by molar-refractivity contribution is 0.0950. The fraction of sp³-hybridized carbons (Fsp3) is 0.500. The van der Waals surface area contributed by atoms with Gasteiger partial charge in [0.05, 0.1) is 12.2 Å². The molecule has 0 spiro atoms. The number of para-hydroxylation sites is 1. The number of hydrazine groups is 1. The van der Waals surface area contributed by atoms with Crippen molar-refractivity contribution in [3.8, 4) is 5.75 Å². The van der Waals surface area contributed by atoms with Gasteiger partial charge in [-0.05, 0) is 18.1 Å². The molecule has 0 aliphatic heterocycles. The summed E-state index contributed by atoms with van der Waals surface area (Å²) in [5, 5.41) is 0.603. The highest BCUT2D eigenvalue weighted by Gasteiger charge is 2.11. The van der Waals surface area contributed by atoms with E-state index in [1.165, 1.54) is 0 Å². The first-order valence-corrected chi connectivity index (χ1v) is 7.45. The number of nitrogen functional groups attached to an aromatic ring is 1. The molecule has 0 heterocycles. The van der Waals surface area contributed by atoms with Gasteiger partial charge in [0, 0.05) is 11.0 Å². The molecule has 0 bridgehead atoms. The van der Waals surface area contributed by atoms with E-state index in [1.807, 2.05) is 17.8 Å². The second-order valence-corrected chi connectivity index (χ2v) is 6.12. The maximum Gasteiger partial charge on any atom is 0.268 e. The molecule has 0 aliphatic carbocycles. The monoisotopic (exact) mass is 282 g/mol. The summed E-state index contributed by atoms with van der Waals surface area (Å²) in [6.07, 6.45) is 0. The van der Waals surface area contributed by atoms with E-state index in [9.17, 15) is 4.79 Å². The maximum absolute atomic E-state index is 11.5. The van der Waals surface area contributed by atoms with E-state index in [0.29, 0.717) is 29.1 Å². The molecule has 0 saturated heterocycles. The number of nitrogens with one attached hydrogen (secondary N) is 1. The summed E-state index contributed by atoms with van der Waals surface area (Å²) in [7, 11) is 0. The lowest BCUT2D eigenvalue weighted by Gasteiger charge is -2.15. The maximum atomic E-state index is 11.5. The highest BCUT2D eigenvalue weighted by Crippen LogP contribution is 2.20. The predicted octanol–water partition coefficient (Wildman–Crippen LogP) is 2.45. The van der Waals surface area contributed by atoms with Gasteiger partial charge in [0.15, 0.2) is 0 Å². The molecule has 1 aromatic carbocycles. The molecule has 4 nitrogen and oxygen atoms in total. The van der Waals surface area contributed by atoms with Crippen LogP contribution in [0.1, 0.15) is 31.1 Å². The number of benzene rings is 1. The standard InChI is InChI=1S/C14H22N2O2S/c1-10(2)11(3)19-9-8-18-13-7-5-4-6-12(13)14(17)16-15/h4-7,10-11H,8-9,15H2,1-3H3,(H,16,17). The van der Waals surface area contributed by atoms with Crippen LogP contribution in [0.4, 0.5) is 0 Å². The topological polar surface area (TPSA) is 64.3 Å². The molecule has 19 heavy (non-hydrogen) atoms. The highest BCUT2D eigenvalue weighted by molar-refractivity contribution is 7.99. The number of thioether (sulfide) groups is 1. The molecular formula is C14H22N2O2S. The van der Waals surface area contributed by atoms with Crippen molar-refractivity contribution >= 4 is 17.7 Å². The van der Waals surface area contributed by atoms with Crippen LogP contribution in [-0.2, 0) is 0 Å². The van der Waals surface area contributed by atoms with Gasteiger partial charge in [0.25, 0.3) is 5.91 Å². The van der Waals surface area contributed by atoms with Crippen molar-refractivity contribution in [2.75, 3.05) is 12.4 Å². The summed E-state index contributed by atoms with van der Waals surface area (Å²) in [4.78, 5) is 11.5. The van der Waals surface area contributed by atoms with Gasteiger partial charge in [-0.15, -0.1) is 0 Å². The molecule has 1 aromatic rings. The van der Waals surface area contributed by atoms with Gasteiger partial charge in [-0.3, -0.25) is 10.2 Å². The van der Waals surface area contributed by atoms with Crippen molar-refractivity contribution < 1.29 is 9.53 Å². The third kappa shape index (κ3) is 5.12. The Balaban J connectivity index is 2.47. The van der Waals surface area contributed by atoms with E-state index in [4.69, 9.17) is 10.6 Å². The van der Waals surface area contributed by atoms with Gasteiger partial charge < -0.3 is 4.74 Å². The zero-order chi connectivity index (χ0) is 14.3. The number of carbonyl (C=O) groups is 1. The minimum absolute atomic E-state index is 0.334. The van der Waals surface area contributed by atoms with Crippen LogP contribution < -0.4 is 16.0 Å². The van der Waals surface area contributed by atoms with Crippen molar-refractivity contribution in [3.05, 3.63) is 29.8 Å². The van der Waals surface area contributed by atoms with Crippen molar-refractivity contribution in [3.63, 3.8) is 0 Å². The Morgan fingerprint density at radius 3 is 2.68 bits per heavy atom. The zero-order valence-electron chi connectivity index (χ0n) is 11.7. The second kappa shape index (κ2) is 8.07. The Kier molecular flexibility index (Phi) is 6.73. The SMILES string of the molecule is CC(C)C(C)SCCOc1ccccc1C(=O)NN. The van der Waals surface area contributed by atoms with Crippen molar-refractivity contribution in [2.24, 2.45) is 11.8 Å². The van der Waals surface area contributed by atoms with Gasteiger partial charge >= 0.3 is 0 Å².